The number of aromatic nitrogens is 2. The van der Waals surface area contributed by atoms with Gasteiger partial charge in [0.1, 0.15) is 11.3 Å². The highest BCUT2D eigenvalue weighted by molar-refractivity contribution is 7.05. The van der Waals surface area contributed by atoms with E-state index in [9.17, 15) is 4.79 Å². The fourth-order valence-electron chi connectivity index (χ4n) is 0.536. The van der Waals surface area contributed by atoms with Gasteiger partial charge >= 0.3 is 0 Å². The number of amides is 1. The molecule has 0 radical (unpaired) electrons. The molecule has 10 heavy (non-hydrogen) atoms. The van der Waals surface area contributed by atoms with Crippen molar-refractivity contribution in [1.82, 2.24) is 9.36 Å². The second kappa shape index (κ2) is 3.26. The van der Waals surface area contributed by atoms with E-state index in [1.165, 1.54) is 17.9 Å². The zero-order chi connectivity index (χ0) is 7.40. The molecule has 1 aromatic rings. The van der Waals surface area contributed by atoms with Crippen LogP contribution in [0.1, 0.15) is 11.4 Å². The molecule has 0 fully saturated rings. The Morgan fingerprint density at radius 2 is 2.60 bits per heavy atom. The molecule has 1 amide bonds. The van der Waals surface area contributed by atoms with E-state index in [1.807, 2.05) is 0 Å². The number of carbonyl (C=O) groups is 1. The molecule has 5 heteroatoms. The minimum Gasteiger partial charge on any atom is -0.370 e. The quantitative estimate of drug-likeness (QED) is 0.669. The van der Waals surface area contributed by atoms with Gasteiger partial charge in [-0.05, 0) is 11.5 Å². The van der Waals surface area contributed by atoms with Gasteiger partial charge < -0.3 is 5.73 Å². The molecule has 0 unspecified atom stereocenters. The monoisotopic (exact) mass is 157 g/mol. The van der Waals surface area contributed by atoms with Crippen molar-refractivity contribution in [2.45, 2.75) is 12.8 Å². The van der Waals surface area contributed by atoms with E-state index >= 15 is 0 Å². The van der Waals surface area contributed by atoms with Gasteiger partial charge in [0.25, 0.3) is 0 Å². The van der Waals surface area contributed by atoms with Crippen molar-refractivity contribution in [2.75, 3.05) is 0 Å². The molecule has 0 aliphatic heterocycles. The van der Waals surface area contributed by atoms with Crippen molar-refractivity contribution in [3.8, 4) is 0 Å². The van der Waals surface area contributed by atoms with Crippen molar-refractivity contribution in [3.05, 3.63) is 11.3 Å². The van der Waals surface area contributed by atoms with Gasteiger partial charge in [-0.3, -0.25) is 4.79 Å². The molecule has 0 spiro atoms. The number of nitrogens with zero attached hydrogens (tertiary/aromatic N) is 2. The van der Waals surface area contributed by atoms with Crippen LogP contribution in [0, 0.1) is 0 Å². The number of hydrogen-bond donors (Lipinski definition) is 1. The molecular formula is C5H7N3OS. The first-order valence-corrected chi connectivity index (χ1v) is 3.60. The van der Waals surface area contributed by atoms with Crippen LogP contribution in [0.5, 0.6) is 0 Å². The molecule has 0 saturated heterocycles. The maximum Gasteiger partial charge on any atom is 0.217 e. The molecule has 1 rings (SSSR count). The van der Waals surface area contributed by atoms with Crippen LogP contribution in [-0.2, 0) is 11.2 Å². The second-order valence-corrected chi connectivity index (χ2v) is 2.67. The van der Waals surface area contributed by atoms with Crippen molar-refractivity contribution in [1.29, 1.82) is 0 Å². The summed E-state index contributed by atoms with van der Waals surface area (Å²) in [4.78, 5) is 14.2. The molecule has 0 atom stereocenters. The highest BCUT2D eigenvalue weighted by Gasteiger charge is 1.98. The van der Waals surface area contributed by atoms with E-state index in [4.69, 9.17) is 5.73 Å². The molecule has 1 aromatic heterocycles. The summed E-state index contributed by atoms with van der Waals surface area (Å²) in [5.74, 6) is -0.296. The zero-order valence-electron chi connectivity index (χ0n) is 5.28. The third kappa shape index (κ3) is 2.10. The summed E-state index contributed by atoms with van der Waals surface area (Å²) in [6.07, 6.45) is 2.44. The van der Waals surface area contributed by atoms with Gasteiger partial charge in [0.15, 0.2) is 0 Å². The summed E-state index contributed by atoms with van der Waals surface area (Å²) in [5.41, 5.74) is 4.93. The third-order valence-corrected chi connectivity index (χ3v) is 1.71. The Morgan fingerprint density at radius 3 is 3.10 bits per heavy atom. The highest BCUT2D eigenvalue weighted by Crippen LogP contribution is 2.01. The summed E-state index contributed by atoms with van der Waals surface area (Å²) in [5, 5.41) is 0.860. The Labute approximate surface area is 62.2 Å². The molecule has 0 aromatic carbocycles. The lowest BCUT2D eigenvalue weighted by atomic mass is 10.3. The van der Waals surface area contributed by atoms with Crippen LogP contribution < -0.4 is 5.73 Å². The lowest BCUT2D eigenvalue weighted by molar-refractivity contribution is -0.117. The highest BCUT2D eigenvalue weighted by atomic mass is 32.1. The van der Waals surface area contributed by atoms with Crippen LogP contribution >= 0.6 is 11.5 Å². The predicted molar refractivity (Wildman–Crippen MR) is 37.4 cm³/mol. The van der Waals surface area contributed by atoms with Crippen LogP contribution in [0.25, 0.3) is 0 Å². The molecule has 1 heterocycles. The molecule has 0 bridgehead atoms. The number of aryl methyl sites for hydroxylation is 1. The van der Waals surface area contributed by atoms with Crippen molar-refractivity contribution in [3.63, 3.8) is 0 Å². The largest absolute Gasteiger partial charge is 0.370 e. The van der Waals surface area contributed by atoms with Crippen LogP contribution in [0.4, 0.5) is 0 Å². The Kier molecular flexibility index (Phi) is 2.33. The molecule has 0 saturated carbocycles. The lowest BCUT2D eigenvalue weighted by Crippen LogP contribution is -2.10. The molecule has 2 N–H and O–H groups in total. The van der Waals surface area contributed by atoms with Crippen LogP contribution in [0.15, 0.2) is 6.33 Å². The van der Waals surface area contributed by atoms with E-state index in [2.05, 4.69) is 9.36 Å². The summed E-state index contributed by atoms with van der Waals surface area (Å²) in [7, 11) is 0. The minimum absolute atomic E-state index is 0.296. The predicted octanol–water partition coefficient (Wildman–Crippen LogP) is -0.0440. The van der Waals surface area contributed by atoms with E-state index in [1.54, 1.807) is 0 Å². The van der Waals surface area contributed by atoms with E-state index in [-0.39, 0.29) is 5.91 Å². The first-order chi connectivity index (χ1) is 4.79. The molecule has 0 aliphatic rings. The normalized spacial score (nSPS) is 9.60. The molecular weight excluding hydrogens is 150 g/mol. The van der Waals surface area contributed by atoms with Crippen LogP contribution in [0.3, 0.4) is 0 Å². The molecule has 0 aliphatic carbocycles. The van der Waals surface area contributed by atoms with E-state index in [0.717, 1.165) is 5.01 Å². The maximum atomic E-state index is 10.3. The van der Waals surface area contributed by atoms with Crippen molar-refractivity contribution < 1.29 is 4.79 Å². The van der Waals surface area contributed by atoms with Crippen molar-refractivity contribution in [2.24, 2.45) is 5.73 Å². The van der Waals surface area contributed by atoms with Gasteiger partial charge in [0.05, 0.1) is 0 Å². The fourth-order valence-corrected chi connectivity index (χ4v) is 1.04. The van der Waals surface area contributed by atoms with Gasteiger partial charge in [-0.15, -0.1) is 0 Å². The van der Waals surface area contributed by atoms with Gasteiger partial charge in [-0.1, -0.05) is 0 Å². The van der Waals surface area contributed by atoms with Gasteiger partial charge in [-0.25, -0.2) is 4.98 Å². The van der Waals surface area contributed by atoms with Gasteiger partial charge in [0.2, 0.25) is 5.91 Å². The van der Waals surface area contributed by atoms with Crippen LogP contribution in [-0.4, -0.2) is 15.3 Å². The Hall–Kier alpha value is -0.970. The topological polar surface area (TPSA) is 68.9 Å². The maximum absolute atomic E-state index is 10.3. The van der Waals surface area contributed by atoms with Gasteiger partial charge in [-0.2, -0.15) is 4.37 Å². The third-order valence-electron chi connectivity index (χ3n) is 0.992. The van der Waals surface area contributed by atoms with E-state index in [0.29, 0.717) is 12.8 Å². The first kappa shape index (κ1) is 7.14. The Balaban J connectivity index is 2.35. The summed E-state index contributed by atoms with van der Waals surface area (Å²) < 4.78 is 3.78. The standard InChI is InChI=1S/C5H7N3OS/c6-4(9)1-2-5-7-3-8-10-5/h3H,1-2H2,(H2,6,9). The number of nitrogens with two attached hydrogens (primary N) is 1. The molecule has 54 valence electrons. The summed E-state index contributed by atoms with van der Waals surface area (Å²) in [6, 6.07) is 0. The summed E-state index contributed by atoms with van der Waals surface area (Å²) >= 11 is 1.30. The number of hydrogen-bond acceptors (Lipinski definition) is 4. The minimum atomic E-state index is -0.296. The molecule has 4 nitrogen and oxygen atoms in total. The summed E-state index contributed by atoms with van der Waals surface area (Å²) in [6.45, 7) is 0. The fraction of sp³-hybridized carbons (Fsp3) is 0.400. The van der Waals surface area contributed by atoms with E-state index < -0.39 is 0 Å². The van der Waals surface area contributed by atoms with Gasteiger partial charge in [0, 0.05) is 12.8 Å². The Bertz CT molecular complexity index is 209. The number of carbonyl (C=O) groups excluding carboxylic acids is 1. The Morgan fingerprint density at radius 1 is 1.80 bits per heavy atom. The van der Waals surface area contributed by atoms with Crippen molar-refractivity contribution >= 4 is 17.4 Å². The first-order valence-electron chi connectivity index (χ1n) is 2.83. The average molecular weight is 157 g/mol. The lowest BCUT2D eigenvalue weighted by Gasteiger charge is -1.88. The van der Waals surface area contributed by atoms with Crippen LogP contribution in [0.2, 0.25) is 0 Å². The second-order valence-electron chi connectivity index (χ2n) is 1.80. The number of primary amides is 1. The smallest absolute Gasteiger partial charge is 0.217 e. The zero-order valence-corrected chi connectivity index (χ0v) is 6.10. The number of rotatable bonds is 3. The SMILES string of the molecule is NC(=O)CCc1ncns1. The average Bonchev–Trinajstić information content (AvgIpc) is 2.34.